The lowest BCUT2D eigenvalue weighted by Gasteiger charge is -2.10. The molecule has 2 aromatic rings. The molecule has 7 heteroatoms. The highest BCUT2D eigenvalue weighted by Crippen LogP contribution is 2.26. The number of esters is 1. The van der Waals surface area contributed by atoms with Crippen molar-refractivity contribution in [2.45, 2.75) is 6.42 Å². The van der Waals surface area contributed by atoms with Crippen molar-refractivity contribution in [3.05, 3.63) is 58.1 Å². The Kier molecular flexibility index (Phi) is 6.54. The Morgan fingerprint density at radius 3 is 2.52 bits per heavy atom. The topological polar surface area (TPSA) is 88.4 Å². The van der Waals surface area contributed by atoms with Gasteiger partial charge in [-0.25, -0.2) is 4.79 Å². The number of hydrogen-bond donors (Lipinski definition) is 1. The van der Waals surface area contributed by atoms with Gasteiger partial charge >= 0.3 is 5.97 Å². The van der Waals surface area contributed by atoms with Gasteiger partial charge in [-0.15, -0.1) is 0 Å². The summed E-state index contributed by atoms with van der Waals surface area (Å²) >= 11 is 3.29. The number of ether oxygens (including phenoxy) is 2. The van der Waals surface area contributed by atoms with Crippen LogP contribution >= 0.6 is 15.9 Å². The molecule has 0 radical (unpaired) electrons. The highest BCUT2D eigenvalue weighted by molar-refractivity contribution is 9.10. The third-order valence-electron chi connectivity index (χ3n) is 3.23. The summed E-state index contributed by atoms with van der Waals surface area (Å²) < 4.78 is 10.6. The van der Waals surface area contributed by atoms with Gasteiger partial charge < -0.3 is 14.8 Å². The number of methoxy groups -OCH3 is 1. The number of benzene rings is 2. The van der Waals surface area contributed by atoms with Crippen LogP contribution in [0.1, 0.15) is 15.9 Å². The summed E-state index contributed by atoms with van der Waals surface area (Å²) in [4.78, 5) is 23.4. The standard InChI is InChI=1S/C18H15BrN2O4/c1-24-18(23)13-4-7-16(15(19)10-13)25-11-17(22)21-14-5-2-12(3-6-14)8-9-20/h2-7,10H,8,11H2,1H3,(H,21,22). The Labute approximate surface area is 153 Å². The Hall–Kier alpha value is -2.85. The Balaban J connectivity index is 1.91. The lowest BCUT2D eigenvalue weighted by atomic mass is 10.1. The van der Waals surface area contributed by atoms with Crippen LogP contribution in [0.15, 0.2) is 46.9 Å². The number of halogens is 1. The maximum absolute atomic E-state index is 12.0. The molecule has 0 saturated carbocycles. The second kappa shape index (κ2) is 8.85. The van der Waals surface area contributed by atoms with E-state index < -0.39 is 5.97 Å². The van der Waals surface area contributed by atoms with Crippen LogP contribution in [0.5, 0.6) is 5.75 Å². The van der Waals surface area contributed by atoms with Gasteiger partial charge in [0.2, 0.25) is 0 Å². The Morgan fingerprint density at radius 1 is 1.20 bits per heavy atom. The first-order chi connectivity index (χ1) is 12.0. The van der Waals surface area contributed by atoms with Gasteiger partial charge in [0, 0.05) is 5.69 Å². The predicted molar refractivity (Wildman–Crippen MR) is 95.4 cm³/mol. The van der Waals surface area contributed by atoms with Gasteiger partial charge in [0.25, 0.3) is 5.91 Å². The molecule has 6 nitrogen and oxygen atoms in total. The summed E-state index contributed by atoms with van der Waals surface area (Å²) in [7, 11) is 1.30. The zero-order chi connectivity index (χ0) is 18.2. The molecule has 128 valence electrons. The molecule has 1 amide bonds. The molecular weight excluding hydrogens is 388 g/mol. The molecule has 0 saturated heterocycles. The molecule has 0 aromatic heterocycles. The highest BCUT2D eigenvalue weighted by atomic mass is 79.9. The van der Waals surface area contributed by atoms with Crippen molar-refractivity contribution in [2.75, 3.05) is 19.0 Å². The fourth-order valence-corrected chi connectivity index (χ4v) is 2.49. The molecule has 0 atom stereocenters. The molecule has 0 heterocycles. The zero-order valence-corrected chi connectivity index (χ0v) is 15.0. The van der Waals surface area contributed by atoms with Gasteiger partial charge in [0.1, 0.15) is 5.75 Å². The first-order valence-corrected chi connectivity index (χ1v) is 8.09. The number of nitrogens with one attached hydrogen (secondary N) is 1. The first kappa shape index (κ1) is 18.5. The first-order valence-electron chi connectivity index (χ1n) is 7.30. The van der Waals surface area contributed by atoms with Crippen LogP contribution in [0.25, 0.3) is 0 Å². The van der Waals surface area contributed by atoms with E-state index in [1.54, 1.807) is 42.5 Å². The van der Waals surface area contributed by atoms with E-state index in [9.17, 15) is 9.59 Å². The quantitative estimate of drug-likeness (QED) is 0.748. The molecule has 1 N–H and O–H groups in total. The number of carbonyl (C=O) groups is 2. The van der Waals surface area contributed by atoms with Crippen molar-refractivity contribution in [3.8, 4) is 11.8 Å². The lowest BCUT2D eigenvalue weighted by molar-refractivity contribution is -0.118. The number of nitrogens with zero attached hydrogens (tertiary/aromatic N) is 1. The van der Waals surface area contributed by atoms with Crippen molar-refractivity contribution < 1.29 is 19.1 Å². The van der Waals surface area contributed by atoms with Crippen LogP contribution in [0.4, 0.5) is 5.69 Å². The summed E-state index contributed by atoms with van der Waals surface area (Å²) in [5.41, 5.74) is 1.88. The van der Waals surface area contributed by atoms with E-state index in [0.29, 0.717) is 27.9 Å². The summed E-state index contributed by atoms with van der Waals surface area (Å²) in [5, 5.41) is 11.3. The maximum atomic E-state index is 12.0. The van der Waals surface area contributed by atoms with E-state index in [1.165, 1.54) is 7.11 Å². The van der Waals surface area contributed by atoms with Gasteiger partial charge in [0.15, 0.2) is 6.61 Å². The monoisotopic (exact) mass is 402 g/mol. The minimum absolute atomic E-state index is 0.184. The summed E-state index contributed by atoms with van der Waals surface area (Å²) in [6.07, 6.45) is 0.326. The molecule has 2 aromatic carbocycles. The van der Waals surface area contributed by atoms with E-state index in [2.05, 4.69) is 32.1 Å². The van der Waals surface area contributed by atoms with Crippen LogP contribution in [-0.2, 0) is 16.0 Å². The van der Waals surface area contributed by atoms with Gasteiger partial charge in [-0.3, -0.25) is 4.79 Å². The lowest BCUT2D eigenvalue weighted by Crippen LogP contribution is -2.20. The SMILES string of the molecule is COC(=O)c1ccc(OCC(=O)Nc2ccc(CC#N)cc2)c(Br)c1. The number of carbonyl (C=O) groups excluding carboxylic acids is 2. The normalized spacial score (nSPS) is 9.80. The predicted octanol–water partition coefficient (Wildman–Crippen LogP) is 3.32. The molecule has 0 unspecified atom stereocenters. The fraction of sp³-hybridized carbons (Fsp3) is 0.167. The van der Waals surface area contributed by atoms with Crippen LogP contribution in [0, 0.1) is 11.3 Å². The molecule has 0 aliphatic heterocycles. The molecular formula is C18H15BrN2O4. The Morgan fingerprint density at radius 2 is 1.92 bits per heavy atom. The van der Waals surface area contributed by atoms with Crippen molar-refractivity contribution in [2.24, 2.45) is 0 Å². The number of rotatable bonds is 6. The summed E-state index contributed by atoms with van der Waals surface area (Å²) in [5.74, 6) is -0.339. The molecule has 0 aliphatic rings. The molecule has 2 rings (SSSR count). The third-order valence-corrected chi connectivity index (χ3v) is 3.85. The van der Waals surface area contributed by atoms with Crippen molar-refractivity contribution in [1.82, 2.24) is 0 Å². The second-order valence-electron chi connectivity index (χ2n) is 5.01. The minimum atomic E-state index is -0.454. The molecule has 0 spiro atoms. The van der Waals surface area contributed by atoms with E-state index in [4.69, 9.17) is 10.00 Å². The van der Waals surface area contributed by atoms with Gasteiger partial charge in [-0.1, -0.05) is 12.1 Å². The summed E-state index contributed by atoms with van der Waals surface area (Å²) in [6, 6.07) is 13.8. The molecule has 0 fully saturated rings. The minimum Gasteiger partial charge on any atom is -0.483 e. The molecule has 25 heavy (non-hydrogen) atoms. The fourth-order valence-electron chi connectivity index (χ4n) is 2.00. The van der Waals surface area contributed by atoms with Crippen LogP contribution in [0.2, 0.25) is 0 Å². The number of nitriles is 1. The largest absolute Gasteiger partial charge is 0.483 e. The summed E-state index contributed by atoms with van der Waals surface area (Å²) in [6.45, 7) is -0.184. The van der Waals surface area contributed by atoms with E-state index in [0.717, 1.165) is 5.56 Å². The van der Waals surface area contributed by atoms with Crippen molar-refractivity contribution in [3.63, 3.8) is 0 Å². The van der Waals surface area contributed by atoms with Gasteiger partial charge in [0.05, 0.1) is 29.6 Å². The zero-order valence-electron chi connectivity index (χ0n) is 13.4. The van der Waals surface area contributed by atoms with Gasteiger partial charge in [-0.05, 0) is 51.8 Å². The van der Waals surface area contributed by atoms with Crippen molar-refractivity contribution >= 4 is 33.5 Å². The number of hydrogen-bond acceptors (Lipinski definition) is 5. The highest BCUT2D eigenvalue weighted by Gasteiger charge is 2.11. The average Bonchev–Trinajstić information content (AvgIpc) is 2.62. The number of amides is 1. The number of anilines is 1. The third kappa shape index (κ3) is 5.33. The van der Waals surface area contributed by atoms with Crippen molar-refractivity contribution in [1.29, 1.82) is 5.26 Å². The van der Waals surface area contributed by atoms with Crippen LogP contribution in [-0.4, -0.2) is 25.6 Å². The van der Waals surface area contributed by atoms with E-state index in [1.807, 2.05) is 0 Å². The average molecular weight is 403 g/mol. The van der Waals surface area contributed by atoms with Crippen LogP contribution < -0.4 is 10.1 Å². The van der Waals surface area contributed by atoms with E-state index >= 15 is 0 Å². The van der Waals surface area contributed by atoms with E-state index in [-0.39, 0.29) is 12.5 Å². The van der Waals surface area contributed by atoms with Gasteiger partial charge in [-0.2, -0.15) is 5.26 Å². The molecule has 0 aliphatic carbocycles. The van der Waals surface area contributed by atoms with Crippen LogP contribution in [0.3, 0.4) is 0 Å². The molecule has 0 bridgehead atoms. The second-order valence-corrected chi connectivity index (χ2v) is 5.86. The smallest absolute Gasteiger partial charge is 0.337 e. The maximum Gasteiger partial charge on any atom is 0.337 e. The Bertz CT molecular complexity index is 813.